The molecule has 1 aliphatic rings. The summed E-state index contributed by atoms with van der Waals surface area (Å²) in [6.07, 6.45) is 2.98. The van der Waals surface area contributed by atoms with Crippen molar-refractivity contribution >= 4 is 35.4 Å². The zero-order chi connectivity index (χ0) is 37.3. The van der Waals surface area contributed by atoms with Crippen LogP contribution in [0.25, 0.3) is 0 Å². The first-order valence-electron chi connectivity index (χ1n) is 17.0. The fraction of sp³-hybridized carbons (Fsp3) is 0.528. The first kappa shape index (κ1) is 39.3. The van der Waals surface area contributed by atoms with E-state index in [4.69, 9.17) is 29.1 Å². The van der Waals surface area contributed by atoms with Crippen molar-refractivity contribution in [3.05, 3.63) is 46.7 Å². The number of hydrogen-bond acceptors (Lipinski definition) is 12. The second kappa shape index (κ2) is 17.1. The largest absolute Gasteiger partial charge is 0.479 e. The average Bonchev–Trinajstić information content (AvgIpc) is 3.65. The first-order chi connectivity index (χ1) is 24.1. The van der Waals surface area contributed by atoms with Gasteiger partial charge in [-0.3, -0.25) is 9.59 Å². The van der Waals surface area contributed by atoms with Crippen LogP contribution in [0.2, 0.25) is 0 Å². The van der Waals surface area contributed by atoms with Crippen LogP contribution in [0.3, 0.4) is 0 Å². The van der Waals surface area contributed by atoms with Crippen molar-refractivity contribution in [3.63, 3.8) is 0 Å². The Hall–Kier alpha value is -4.50. The molecule has 4 rings (SSSR count). The number of fused-ring (bicyclic) bond motifs is 1. The lowest BCUT2D eigenvalue weighted by Gasteiger charge is -2.23. The van der Waals surface area contributed by atoms with Gasteiger partial charge in [-0.25, -0.2) is 4.79 Å². The molecule has 278 valence electrons. The van der Waals surface area contributed by atoms with Gasteiger partial charge in [0, 0.05) is 18.4 Å². The summed E-state index contributed by atoms with van der Waals surface area (Å²) >= 11 is 1.32. The molecule has 1 atom stereocenters. The molecule has 0 unspecified atom stereocenters. The molecule has 2 heterocycles. The van der Waals surface area contributed by atoms with Crippen LogP contribution in [0, 0.1) is 6.92 Å². The number of carbonyl (C=O) groups is 3. The molecular weight excluding hydrogens is 676 g/mol. The number of nitrogens with two attached hydrogens (primary N) is 1. The summed E-state index contributed by atoms with van der Waals surface area (Å²) in [6, 6.07) is 6.57. The number of hydrogen-bond donors (Lipinski definition) is 4. The zero-order valence-corrected chi connectivity index (χ0v) is 31.5. The van der Waals surface area contributed by atoms with E-state index in [0.717, 1.165) is 18.4 Å². The third-order valence-electron chi connectivity index (χ3n) is 8.17. The Morgan fingerprint density at radius 3 is 2.43 bits per heavy atom. The molecule has 15 heteroatoms. The van der Waals surface area contributed by atoms with Gasteiger partial charge in [-0.15, -0.1) is 0 Å². The van der Waals surface area contributed by atoms with Crippen LogP contribution in [0.4, 0.5) is 10.5 Å². The maximum atomic E-state index is 13.2. The lowest BCUT2D eigenvalue weighted by atomic mass is 9.86. The predicted octanol–water partition coefficient (Wildman–Crippen LogP) is 5.89. The number of nitrogens with one attached hydrogen (secondary N) is 3. The lowest BCUT2D eigenvalue weighted by molar-refractivity contribution is -0.123. The molecule has 0 saturated heterocycles. The Balaban J connectivity index is 1.33. The third-order valence-corrected chi connectivity index (χ3v) is 9.10. The highest BCUT2D eigenvalue weighted by molar-refractivity contribution is 7.99. The van der Waals surface area contributed by atoms with Crippen molar-refractivity contribution in [3.8, 4) is 23.5 Å². The van der Waals surface area contributed by atoms with Crippen LogP contribution in [-0.2, 0) is 21.4 Å². The minimum Gasteiger partial charge on any atom is -0.479 e. The van der Waals surface area contributed by atoms with Crippen molar-refractivity contribution in [2.75, 3.05) is 38.4 Å². The summed E-state index contributed by atoms with van der Waals surface area (Å²) in [6.45, 7) is 12.4. The Labute approximate surface area is 303 Å². The summed E-state index contributed by atoms with van der Waals surface area (Å²) in [5, 5.41) is 8.56. The summed E-state index contributed by atoms with van der Waals surface area (Å²) in [4.78, 5) is 47.1. The molecule has 2 aromatic heterocycles. The van der Waals surface area contributed by atoms with Gasteiger partial charge < -0.3 is 45.0 Å². The van der Waals surface area contributed by atoms with E-state index in [1.807, 2.05) is 6.92 Å². The second-order valence-electron chi connectivity index (χ2n) is 13.9. The second-order valence-corrected chi connectivity index (χ2v) is 14.9. The van der Waals surface area contributed by atoms with Gasteiger partial charge in [0.15, 0.2) is 16.6 Å². The smallest absolute Gasteiger partial charge is 0.408 e. The minimum absolute atomic E-state index is 0.0142. The monoisotopic (exact) mass is 726 g/mol. The van der Waals surface area contributed by atoms with Gasteiger partial charge in [-0.05, 0) is 101 Å². The van der Waals surface area contributed by atoms with Crippen LogP contribution in [0.15, 0.2) is 33.8 Å². The number of methoxy groups -OCH3 is 2. The fourth-order valence-corrected chi connectivity index (χ4v) is 6.30. The maximum absolute atomic E-state index is 13.2. The molecule has 0 spiro atoms. The van der Waals surface area contributed by atoms with Crippen LogP contribution >= 0.6 is 11.8 Å². The zero-order valence-electron chi connectivity index (χ0n) is 30.7. The number of amides is 3. The summed E-state index contributed by atoms with van der Waals surface area (Å²) in [5.74, 6) is 0.724. The Morgan fingerprint density at radius 2 is 1.78 bits per heavy atom. The van der Waals surface area contributed by atoms with Gasteiger partial charge in [0.25, 0.3) is 11.9 Å². The number of carbonyl (C=O) groups excluding carboxylic acids is 3. The van der Waals surface area contributed by atoms with Gasteiger partial charge in [0.05, 0.1) is 14.2 Å². The van der Waals surface area contributed by atoms with Crippen molar-refractivity contribution in [2.45, 2.75) is 95.9 Å². The molecule has 14 nitrogen and oxygen atoms in total. The summed E-state index contributed by atoms with van der Waals surface area (Å²) < 4.78 is 28.1. The van der Waals surface area contributed by atoms with E-state index >= 15 is 0 Å². The Morgan fingerprint density at radius 1 is 1.08 bits per heavy atom. The number of thioether (sulfide) groups is 1. The molecule has 0 radical (unpaired) electrons. The molecule has 0 saturated carbocycles. The molecule has 0 fully saturated rings. The van der Waals surface area contributed by atoms with Gasteiger partial charge in [-0.2, -0.15) is 9.97 Å². The van der Waals surface area contributed by atoms with Crippen LogP contribution in [0.5, 0.6) is 23.5 Å². The molecule has 51 heavy (non-hydrogen) atoms. The van der Waals surface area contributed by atoms with E-state index in [0.29, 0.717) is 49.0 Å². The topological polar surface area (TPSA) is 189 Å². The van der Waals surface area contributed by atoms with Gasteiger partial charge in [-0.1, -0.05) is 31.7 Å². The van der Waals surface area contributed by atoms with E-state index in [2.05, 4.69) is 51.9 Å². The van der Waals surface area contributed by atoms with E-state index < -0.39 is 23.6 Å². The average molecular weight is 727 g/mol. The lowest BCUT2D eigenvalue weighted by Crippen LogP contribution is -2.48. The fourth-order valence-electron chi connectivity index (χ4n) is 5.54. The highest BCUT2D eigenvalue weighted by Gasteiger charge is 2.31. The predicted molar refractivity (Wildman–Crippen MR) is 194 cm³/mol. The third kappa shape index (κ3) is 10.7. The number of alkyl carbamates (subject to hydrolysis) is 1. The van der Waals surface area contributed by atoms with Gasteiger partial charge in [0.2, 0.25) is 17.7 Å². The molecule has 3 amide bonds. The minimum atomic E-state index is -0.766. The standard InChI is InChI=1S/C36H50N6O8S/c1-21-19-22-14-15-36(5,6)23(22)20-26(21)49-27-13-12-25(48-27)30(44)40-28-31(46-7)41-33(42-32(28)47-8)51-18-10-17-38-29(43)24(11-9-16-37)39-34(45)50-35(2,3)4/h12-13,19-20,24H,9-11,14-18,37H2,1-8H3,(H,38,43)(H,39,45)(H,40,44)/t24-/m1/s1. The highest BCUT2D eigenvalue weighted by atomic mass is 32.2. The molecule has 0 aliphatic heterocycles. The van der Waals surface area contributed by atoms with E-state index in [-0.39, 0.29) is 40.5 Å². The number of anilines is 1. The molecule has 1 aliphatic carbocycles. The van der Waals surface area contributed by atoms with Gasteiger partial charge >= 0.3 is 6.09 Å². The number of ether oxygens (including phenoxy) is 4. The molecule has 0 bridgehead atoms. The summed E-state index contributed by atoms with van der Waals surface area (Å²) in [5.41, 5.74) is 8.72. The highest BCUT2D eigenvalue weighted by Crippen LogP contribution is 2.42. The Kier molecular flexibility index (Phi) is 13.2. The molecule has 3 aromatic rings. The van der Waals surface area contributed by atoms with Gasteiger partial charge in [0.1, 0.15) is 17.4 Å². The maximum Gasteiger partial charge on any atom is 0.408 e. The van der Waals surface area contributed by atoms with Crippen LogP contribution in [-0.4, -0.2) is 72.6 Å². The number of nitrogens with zero attached hydrogens (tertiary/aromatic N) is 2. The number of benzene rings is 1. The number of aryl methyl sites for hydroxylation is 2. The number of rotatable bonds is 16. The van der Waals surface area contributed by atoms with E-state index in [9.17, 15) is 14.4 Å². The SMILES string of the molecule is COc1nc(SCCCNC(=O)[C@@H](CCCN)NC(=O)OC(C)(C)C)nc(OC)c1NC(=O)c1ccc(Oc2cc3c(cc2C)CCC3(C)C)o1. The van der Waals surface area contributed by atoms with Crippen molar-refractivity contribution < 1.29 is 37.7 Å². The van der Waals surface area contributed by atoms with E-state index in [1.165, 1.54) is 43.2 Å². The van der Waals surface area contributed by atoms with Crippen LogP contribution in [0.1, 0.15) is 87.5 Å². The van der Waals surface area contributed by atoms with E-state index in [1.54, 1.807) is 26.8 Å². The van der Waals surface area contributed by atoms with Crippen molar-refractivity contribution in [1.29, 1.82) is 0 Å². The van der Waals surface area contributed by atoms with Crippen molar-refractivity contribution in [2.24, 2.45) is 5.73 Å². The first-order valence-corrected chi connectivity index (χ1v) is 18.0. The van der Waals surface area contributed by atoms with Crippen LogP contribution < -0.4 is 35.9 Å². The number of aromatic nitrogens is 2. The Bertz CT molecular complexity index is 1680. The molecule has 5 N–H and O–H groups in total. The normalized spacial score (nSPS) is 13.9. The number of furan rings is 1. The van der Waals surface area contributed by atoms with Crippen molar-refractivity contribution in [1.82, 2.24) is 20.6 Å². The molecule has 1 aromatic carbocycles. The molecular formula is C36H50N6O8S. The quantitative estimate of drug-likeness (QED) is 0.0779. The summed E-state index contributed by atoms with van der Waals surface area (Å²) in [7, 11) is 2.85.